The fourth-order valence-electron chi connectivity index (χ4n) is 0.446. The summed E-state index contributed by atoms with van der Waals surface area (Å²) in [4.78, 5) is 0. The summed E-state index contributed by atoms with van der Waals surface area (Å²) in [6, 6.07) is 0. The summed E-state index contributed by atoms with van der Waals surface area (Å²) in [6.45, 7) is 3.47. The molecule has 0 aliphatic heterocycles. The molecule has 0 aliphatic rings. The molecule has 3 heteroatoms. The molecule has 1 aromatic rings. The van der Waals surface area contributed by atoms with Gasteiger partial charge in [-0.15, -0.1) is 4.73 Å². The Morgan fingerprint density at radius 1 is 1.62 bits per heavy atom. The van der Waals surface area contributed by atoms with Gasteiger partial charge in [0.1, 0.15) is 0 Å². The van der Waals surface area contributed by atoms with Gasteiger partial charge in [-0.05, 0) is 0 Å². The van der Waals surface area contributed by atoms with Gasteiger partial charge in [-0.3, -0.25) is 0 Å². The Hall–Kier alpha value is -0.990. The second kappa shape index (κ2) is 1.51. The van der Waals surface area contributed by atoms with E-state index in [-0.39, 0.29) is 0 Å². The zero-order chi connectivity index (χ0) is 6.15. The highest BCUT2D eigenvalue weighted by molar-refractivity contribution is 4.94. The van der Waals surface area contributed by atoms with Crippen molar-refractivity contribution in [1.29, 1.82) is 0 Å². The molecule has 0 amide bonds. The van der Waals surface area contributed by atoms with E-state index in [0.29, 0.717) is 16.2 Å². The van der Waals surface area contributed by atoms with Crippen molar-refractivity contribution in [2.75, 3.05) is 0 Å². The van der Waals surface area contributed by atoms with Crippen LogP contribution in [0.1, 0.15) is 11.5 Å². The number of nitrogens with zero attached hydrogens (tertiary/aromatic N) is 1. The molecule has 0 spiro atoms. The fourth-order valence-corrected chi connectivity index (χ4v) is 0.446. The molecular weight excluding hydrogens is 106 g/mol. The molecule has 3 nitrogen and oxygen atoms in total. The van der Waals surface area contributed by atoms with E-state index in [1.165, 1.54) is 0 Å². The Kier molecular flexibility index (Phi) is 0.970. The SMILES string of the molecule is Cc1oc[n+]([O-])c1C. The molecular formula is C5H7NO2. The Balaban J connectivity index is 3.19. The van der Waals surface area contributed by atoms with Crippen molar-refractivity contribution in [3.8, 4) is 0 Å². The van der Waals surface area contributed by atoms with Crippen LogP contribution in [0.2, 0.25) is 0 Å². The summed E-state index contributed by atoms with van der Waals surface area (Å²) in [6.07, 6.45) is 1.14. The first-order chi connectivity index (χ1) is 3.72. The highest BCUT2D eigenvalue weighted by Gasteiger charge is 2.04. The van der Waals surface area contributed by atoms with Gasteiger partial charge in [0.15, 0.2) is 5.76 Å². The van der Waals surface area contributed by atoms with E-state index in [2.05, 4.69) is 0 Å². The van der Waals surface area contributed by atoms with Gasteiger partial charge in [0.25, 0.3) is 0 Å². The first-order valence-corrected chi connectivity index (χ1v) is 2.35. The van der Waals surface area contributed by atoms with E-state index >= 15 is 0 Å². The summed E-state index contributed by atoms with van der Waals surface area (Å²) in [5, 5.41) is 10.5. The first-order valence-electron chi connectivity index (χ1n) is 2.35. The predicted molar refractivity (Wildman–Crippen MR) is 27.1 cm³/mol. The molecule has 0 saturated heterocycles. The molecule has 0 fully saturated rings. The Morgan fingerprint density at radius 3 is 2.38 bits per heavy atom. The minimum atomic E-state index is 0.630. The van der Waals surface area contributed by atoms with Crippen LogP contribution in [-0.2, 0) is 0 Å². The van der Waals surface area contributed by atoms with E-state index in [1.807, 2.05) is 0 Å². The van der Waals surface area contributed by atoms with Gasteiger partial charge in [0, 0.05) is 13.8 Å². The average molecular weight is 113 g/mol. The molecule has 1 rings (SSSR count). The van der Waals surface area contributed by atoms with Crippen molar-refractivity contribution in [3.63, 3.8) is 0 Å². The molecule has 0 radical (unpaired) electrons. The van der Waals surface area contributed by atoms with Crippen molar-refractivity contribution >= 4 is 0 Å². The van der Waals surface area contributed by atoms with Crippen LogP contribution >= 0.6 is 0 Å². The van der Waals surface area contributed by atoms with Crippen LogP contribution in [0.3, 0.4) is 0 Å². The lowest BCUT2D eigenvalue weighted by Crippen LogP contribution is -2.25. The third kappa shape index (κ3) is 0.559. The lowest BCUT2D eigenvalue weighted by atomic mass is 10.4. The monoisotopic (exact) mass is 113 g/mol. The second-order valence-corrected chi connectivity index (χ2v) is 1.69. The van der Waals surface area contributed by atoms with Crippen LogP contribution in [0.25, 0.3) is 0 Å². The maximum atomic E-state index is 10.5. The lowest BCUT2D eigenvalue weighted by molar-refractivity contribution is -0.615. The van der Waals surface area contributed by atoms with E-state index in [0.717, 1.165) is 6.39 Å². The highest BCUT2D eigenvalue weighted by Crippen LogP contribution is 1.97. The largest absolute Gasteiger partial charge is 0.616 e. The highest BCUT2D eigenvalue weighted by atomic mass is 16.5. The number of hydrogen-bond donors (Lipinski definition) is 0. The summed E-state index contributed by atoms with van der Waals surface area (Å²) in [5.74, 6) is 0.681. The minimum Gasteiger partial charge on any atom is -0.616 e. The molecule has 0 saturated carbocycles. The van der Waals surface area contributed by atoms with Gasteiger partial charge >= 0.3 is 6.39 Å². The molecule has 8 heavy (non-hydrogen) atoms. The third-order valence-electron chi connectivity index (χ3n) is 1.17. The third-order valence-corrected chi connectivity index (χ3v) is 1.17. The number of aryl methyl sites for hydroxylation is 1. The summed E-state index contributed by atoms with van der Waals surface area (Å²) >= 11 is 0. The quantitative estimate of drug-likeness (QED) is 0.363. The maximum Gasteiger partial charge on any atom is 0.346 e. The fraction of sp³-hybridized carbons (Fsp3) is 0.400. The van der Waals surface area contributed by atoms with Crippen molar-refractivity contribution < 1.29 is 9.15 Å². The molecule has 1 heterocycles. The van der Waals surface area contributed by atoms with Crippen molar-refractivity contribution in [3.05, 3.63) is 23.1 Å². The molecule has 0 unspecified atom stereocenters. The lowest BCUT2D eigenvalue weighted by Gasteiger charge is -1.85. The van der Waals surface area contributed by atoms with Crippen LogP contribution in [-0.4, -0.2) is 0 Å². The van der Waals surface area contributed by atoms with Crippen molar-refractivity contribution in [1.82, 2.24) is 0 Å². The summed E-state index contributed by atoms with van der Waals surface area (Å²) < 4.78 is 5.45. The first kappa shape index (κ1) is 5.15. The molecule has 1 aromatic heterocycles. The Labute approximate surface area is 47.1 Å². The topological polar surface area (TPSA) is 40.1 Å². The van der Waals surface area contributed by atoms with Gasteiger partial charge < -0.3 is 9.62 Å². The normalized spacial score (nSPS) is 9.75. The smallest absolute Gasteiger partial charge is 0.346 e. The van der Waals surface area contributed by atoms with Crippen LogP contribution in [0.5, 0.6) is 0 Å². The van der Waals surface area contributed by atoms with Crippen molar-refractivity contribution in [2.45, 2.75) is 13.8 Å². The van der Waals surface area contributed by atoms with Gasteiger partial charge in [-0.25, -0.2) is 0 Å². The van der Waals surface area contributed by atoms with Gasteiger partial charge in [0.2, 0.25) is 5.69 Å². The standard InChI is InChI=1S/C5H7NO2/c1-4-5(2)8-3-6(4)7/h3H,1-2H3. The van der Waals surface area contributed by atoms with Gasteiger partial charge in [-0.1, -0.05) is 0 Å². The average Bonchev–Trinajstić information content (AvgIpc) is 1.98. The summed E-state index contributed by atoms with van der Waals surface area (Å²) in [7, 11) is 0. The molecule has 0 N–H and O–H groups in total. The van der Waals surface area contributed by atoms with Crippen LogP contribution < -0.4 is 4.73 Å². The van der Waals surface area contributed by atoms with Crippen molar-refractivity contribution in [2.24, 2.45) is 0 Å². The molecule has 0 aromatic carbocycles. The van der Waals surface area contributed by atoms with E-state index < -0.39 is 0 Å². The molecule has 0 aliphatic carbocycles. The van der Waals surface area contributed by atoms with Crippen LogP contribution in [0.4, 0.5) is 0 Å². The maximum absolute atomic E-state index is 10.5. The zero-order valence-electron chi connectivity index (χ0n) is 4.84. The molecule has 0 atom stereocenters. The van der Waals surface area contributed by atoms with E-state index in [4.69, 9.17) is 4.42 Å². The minimum absolute atomic E-state index is 0.630. The van der Waals surface area contributed by atoms with Crippen LogP contribution in [0.15, 0.2) is 10.8 Å². The number of hydrogen-bond acceptors (Lipinski definition) is 2. The number of aromatic nitrogens is 1. The number of oxazole rings is 1. The Bertz CT molecular complexity index is 173. The van der Waals surface area contributed by atoms with Crippen LogP contribution in [0, 0.1) is 19.1 Å². The molecule has 44 valence electrons. The zero-order valence-corrected chi connectivity index (χ0v) is 4.84. The van der Waals surface area contributed by atoms with E-state index in [9.17, 15) is 5.21 Å². The number of rotatable bonds is 0. The predicted octanol–water partition coefficient (Wildman–Crippen LogP) is 0.530. The van der Waals surface area contributed by atoms with E-state index in [1.54, 1.807) is 13.8 Å². The summed E-state index contributed by atoms with van der Waals surface area (Å²) in [5.41, 5.74) is 0.630. The second-order valence-electron chi connectivity index (χ2n) is 1.69. The Morgan fingerprint density at radius 2 is 2.25 bits per heavy atom. The van der Waals surface area contributed by atoms with Gasteiger partial charge in [0.05, 0.1) is 0 Å². The molecule has 0 bridgehead atoms. The van der Waals surface area contributed by atoms with Gasteiger partial charge in [-0.2, -0.15) is 0 Å².